The minimum atomic E-state index is -0.333. The Morgan fingerprint density at radius 1 is 1.60 bits per heavy atom. The van der Waals surface area contributed by atoms with E-state index >= 15 is 0 Å². The number of nitrogens with one attached hydrogen (secondary N) is 1. The van der Waals surface area contributed by atoms with Crippen LogP contribution in [-0.2, 0) is 4.79 Å². The molecule has 0 bridgehead atoms. The van der Waals surface area contributed by atoms with Crippen LogP contribution in [0.3, 0.4) is 0 Å². The molecule has 3 amide bonds. The third-order valence-corrected chi connectivity index (χ3v) is 3.35. The Bertz CT molecular complexity index is 399. The molecule has 1 aliphatic rings. The number of carbonyl (C=O) groups excluding carboxylic acids is 2. The Kier molecular flexibility index (Phi) is 2.44. The van der Waals surface area contributed by atoms with Gasteiger partial charge >= 0.3 is 6.03 Å². The van der Waals surface area contributed by atoms with Crippen molar-refractivity contribution in [2.75, 3.05) is 6.54 Å². The Morgan fingerprint density at radius 3 is 2.80 bits per heavy atom. The number of hydrogen-bond acceptors (Lipinski definition) is 4. The van der Waals surface area contributed by atoms with E-state index in [1.165, 1.54) is 16.2 Å². The zero-order valence-corrected chi connectivity index (χ0v) is 9.30. The highest BCUT2D eigenvalue weighted by molar-refractivity contribution is 7.11. The van der Waals surface area contributed by atoms with Gasteiger partial charge in [0.05, 0.1) is 12.6 Å². The number of carbonyl (C=O) groups is 2. The first-order chi connectivity index (χ1) is 7.09. The smallest absolute Gasteiger partial charge is 0.325 e. The highest BCUT2D eigenvalue weighted by Gasteiger charge is 2.34. The van der Waals surface area contributed by atoms with Crippen LogP contribution < -0.4 is 5.32 Å². The number of rotatable bonds is 2. The summed E-state index contributed by atoms with van der Waals surface area (Å²) in [5, 5.41) is 3.28. The molecule has 80 valence electrons. The maximum Gasteiger partial charge on any atom is 0.325 e. The Balaban J connectivity index is 2.24. The predicted molar refractivity (Wildman–Crippen MR) is 55.5 cm³/mol. The summed E-state index contributed by atoms with van der Waals surface area (Å²) >= 11 is 1.50. The number of aryl methyl sites for hydroxylation is 1. The fraction of sp³-hybridized carbons (Fsp3) is 0.444. The van der Waals surface area contributed by atoms with E-state index in [4.69, 9.17) is 0 Å². The van der Waals surface area contributed by atoms with Crippen molar-refractivity contribution >= 4 is 23.3 Å². The van der Waals surface area contributed by atoms with E-state index in [9.17, 15) is 9.59 Å². The first-order valence-electron chi connectivity index (χ1n) is 4.62. The molecule has 0 spiro atoms. The topological polar surface area (TPSA) is 62.3 Å². The second-order valence-corrected chi connectivity index (χ2v) is 4.67. The van der Waals surface area contributed by atoms with E-state index in [1.807, 2.05) is 6.92 Å². The molecule has 6 heteroatoms. The Hall–Kier alpha value is -1.43. The van der Waals surface area contributed by atoms with Crippen molar-refractivity contribution in [1.29, 1.82) is 0 Å². The van der Waals surface area contributed by atoms with Crippen molar-refractivity contribution in [1.82, 2.24) is 15.2 Å². The average Bonchev–Trinajstić information content (AvgIpc) is 2.73. The second kappa shape index (κ2) is 3.62. The van der Waals surface area contributed by atoms with E-state index < -0.39 is 0 Å². The first kappa shape index (κ1) is 10.1. The minimum Gasteiger partial charge on any atom is -0.329 e. The van der Waals surface area contributed by atoms with E-state index in [0.717, 1.165) is 9.88 Å². The van der Waals surface area contributed by atoms with Crippen LogP contribution in [0.1, 0.15) is 22.9 Å². The number of aromatic nitrogens is 1. The van der Waals surface area contributed by atoms with E-state index in [0.29, 0.717) is 0 Å². The number of urea groups is 1. The molecular weight excluding hydrogens is 214 g/mol. The summed E-state index contributed by atoms with van der Waals surface area (Å²) in [5.74, 6) is -0.194. The van der Waals surface area contributed by atoms with Gasteiger partial charge in [-0.1, -0.05) is 0 Å². The van der Waals surface area contributed by atoms with Crippen molar-refractivity contribution in [3.05, 3.63) is 16.1 Å². The van der Waals surface area contributed by atoms with Crippen molar-refractivity contribution in [2.24, 2.45) is 0 Å². The van der Waals surface area contributed by atoms with Crippen LogP contribution in [0.25, 0.3) is 0 Å². The van der Waals surface area contributed by atoms with Crippen LogP contribution >= 0.6 is 11.3 Å². The molecule has 1 aromatic rings. The highest BCUT2D eigenvalue weighted by atomic mass is 32.1. The summed E-state index contributed by atoms with van der Waals surface area (Å²) in [7, 11) is 0. The van der Waals surface area contributed by atoms with Gasteiger partial charge in [0.1, 0.15) is 5.01 Å². The first-order valence-corrected chi connectivity index (χ1v) is 5.43. The van der Waals surface area contributed by atoms with E-state index in [1.54, 1.807) is 13.1 Å². The third-order valence-electron chi connectivity index (χ3n) is 2.26. The molecule has 15 heavy (non-hydrogen) atoms. The number of nitrogens with zero attached hydrogens (tertiary/aromatic N) is 2. The summed E-state index contributed by atoms with van der Waals surface area (Å²) in [5.41, 5.74) is 0. The molecular formula is C9H11N3O2S. The summed E-state index contributed by atoms with van der Waals surface area (Å²) in [6.45, 7) is 3.84. The molecule has 1 aliphatic heterocycles. The van der Waals surface area contributed by atoms with Gasteiger partial charge in [-0.05, 0) is 13.8 Å². The molecule has 1 saturated heterocycles. The van der Waals surface area contributed by atoms with Gasteiger partial charge in [0, 0.05) is 11.1 Å². The van der Waals surface area contributed by atoms with Crippen molar-refractivity contribution in [3.8, 4) is 0 Å². The zero-order valence-electron chi connectivity index (χ0n) is 8.48. The number of imide groups is 1. The van der Waals surface area contributed by atoms with Gasteiger partial charge in [0.25, 0.3) is 5.91 Å². The van der Waals surface area contributed by atoms with Gasteiger partial charge in [-0.25, -0.2) is 9.78 Å². The fourth-order valence-corrected chi connectivity index (χ4v) is 2.32. The molecule has 0 aromatic carbocycles. The van der Waals surface area contributed by atoms with Gasteiger partial charge in [-0.15, -0.1) is 11.3 Å². The molecule has 1 fully saturated rings. The maximum atomic E-state index is 11.4. The van der Waals surface area contributed by atoms with E-state index in [2.05, 4.69) is 10.3 Å². The van der Waals surface area contributed by atoms with Gasteiger partial charge in [-0.3, -0.25) is 9.69 Å². The summed E-state index contributed by atoms with van der Waals surface area (Å²) in [6, 6.07) is -0.612. The van der Waals surface area contributed by atoms with Crippen molar-refractivity contribution < 1.29 is 9.59 Å². The van der Waals surface area contributed by atoms with Crippen LogP contribution in [0.4, 0.5) is 4.79 Å². The van der Waals surface area contributed by atoms with Crippen LogP contribution in [0.5, 0.6) is 0 Å². The van der Waals surface area contributed by atoms with Crippen LogP contribution in [-0.4, -0.2) is 28.4 Å². The molecule has 1 atom stereocenters. The van der Waals surface area contributed by atoms with Gasteiger partial charge < -0.3 is 5.32 Å². The standard InChI is InChI=1S/C9H11N3O2S/c1-5-3-10-8(15-5)6(2)12-7(13)4-11-9(12)14/h3,6H,4H2,1-2H3,(H,11,14). The van der Waals surface area contributed by atoms with Gasteiger partial charge in [0.2, 0.25) is 0 Å². The summed E-state index contributed by atoms with van der Waals surface area (Å²) < 4.78 is 0. The Morgan fingerprint density at radius 2 is 2.33 bits per heavy atom. The molecule has 1 unspecified atom stereocenters. The maximum absolute atomic E-state index is 11.4. The fourth-order valence-electron chi connectivity index (χ4n) is 1.50. The van der Waals surface area contributed by atoms with E-state index in [-0.39, 0.29) is 24.5 Å². The Labute approximate surface area is 91.1 Å². The van der Waals surface area contributed by atoms with Crippen LogP contribution in [0.15, 0.2) is 6.20 Å². The average molecular weight is 225 g/mol. The van der Waals surface area contributed by atoms with Crippen molar-refractivity contribution in [2.45, 2.75) is 19.9 Å². The molecule has 1 aromatic heterocycles. The minimum absolute atomic E-state index is 0.0908. The van der Waals surface area contributed by atoms with Gasteiger partial charge in [0.15, 0.2) is 0 Å². The lowest BCUT2D eigenvalue weighted by Crippen LogP contribution is -2.33. The summed E-state index contributed by atoms with van der Waals surface area (Å²) in [4.78, 5) is 29.3. The molecule has 5 nitrogen and oxygen atoms in total. The molecule has 2 heterocycles. The molecule has 2 rings (SSSR count). The zero-order chi connectivity index (χ0) is 11.0. The SMILES string of the molecule is Cc1cnc(C(C)N2C(=O)CNC2=O)s1. The monoisotopic (exact) mass is 225 g/mol. The lowest BCUT2D eigenvalue weighted by molar-refractivity contribution is -0.126. The van der Waals surface area contributed by atoms with Crippen LogP contribution in [0.2, 0.25) is 0 Å². The number of hydrogen-bond donors (Lipinski definition) is 1. The highest BCUT2D eigenvalue weighted by Crippen LogP contribution is 2.25. The van der Waals surface area contributed by atoms with Crippen LogP contribution in [0, 0.1) is 6.92 Å². The molecule has 1 N–H and O–H groups in total. The van der Waals surface area contributed by atoms with Crippen molar-refractivity contribution in [3.63, 3.8) is 0 Å². The predicted octanol–water partition coefficient (Wildman–Crippen LogP) is 1.06. The lowest BCUT2D eigenvalue weighted by atomic mass is 10.3. The largest absolute Gasteiger partial charge is 0.329 e. The normalized spacial score (nSPS) is 18.1. The lowest BCUT2D eigenvalue weighted by Gasteiger charge is -2.18. The summed E-state index contributed by atoms with van der Waals surface area (Å²) in [6.07, 6.45) is 1.74. The molecule has 0 aliphatic carbocycles. The quantitative estimate of drug-likeness (QED) is 0.766. The molecule has 0 saturated carbocycles. The number of amides is 3. The third kappa shape index (κ3) is 1.72. The second-order valence-electron chi connectivity index (χ2n) is 3.41. The van der Waals surface area contributed by atoms with Gasteiger partial charge in [-0.2, -0.15) is 0 Å². The molecule has 0 radical (unpaired) electrons. The number of thiazole rings is 1.